The first-order valence-corrected chi connectivity index (χ1v) is 4.27. The Labute approximate surface area is 86.3 Å². The number of aromatic nitrogens is 1. The SMILES string of the molecule is N#Cc1nc(Br)c(C(F)F)cc1Cl. The van der Waals surface area contributed by atoms with Crippen LogP contribution in [0.25, 0.3) is 0 Å². The fraction of sp³-hybridized carbons (Fsp3) is 0.143. The minimum atomic E-state index is -2.66. The molecule has 0 radical (unpaired) electrons. The Kier molecular flexibility index (Phi) is 3.17. The van der Waals surface area contributed by atoms with Gasteiger partial charge in [-0.3, -0.25) is 0 Å². The molecule has 1 aromatic rings. The molecule has 0 unspecified atom stereocenters. The lowest BCUT2D eigenvalue weighted by Gasteiger charge is -2.03. The largest absolute Gasteiger partial charge is 0.266 e. The lowest BCUT2D eigenvalue weighted by Crippen LogP contribution is -1.93. The Bertz CT molecular complexity index is 375. The van der Waals surface area contributed by atoms with E-state index in [4.69, 9.17) is 16.9 Å². The first-order valence-electron chi connectivity index (χ1n) is 3.10. The van der Waals surface area contributed by atoms with E-state index in [2.05, 4.69) is 20.9 Å². The van der Waals surface area contributed by atoms with Crippen molar-refractivity contribution in [2.24, 2.45) is 0 Å². The second-order valence-electron chi connectivity index (χ2n) is 2.11. The van der Waals surface area contributed by atoms with Crippen LogP contribution in [0.15, 0.2) is 10.7 Å². The summed E-state index contributed by atoms with van der Waals surface area (Å²) in [6, 6.07) is 2.71. The van der Waals surface area contributed by atoms with Crippen molar-refractivity contribution in [2.45, 2.75) is 6.43 Å². The summed E-state index contributed by atoms with van der Waals surface area (Å²) in [6.45, 7) is 0. The number of hydrogen-bond donors (Lipinski definition) is 0. The molecule has 0 fully saturated rings. The van der Waals surface area contributed by atoms with Gasteiger partial charge in [0.15, 0.2) is 5.69 Å². The summed E-state index contributed by atoms with van der Waals surface area (Å²) in [6.07, 6.45) is -2.66. The van der Waals surface area contributed by atoms with Crippen molar-refractivity contribution >= 4 is 27.5 Å². The zero-order valence-electron chi connectivity index (χ0n) is 6.06. The molecule has 0 spiro atoms. The summed E-state index contributed by atoms with van der Waals surface area (Å²) in [5.41, 5.74) is -0.387. The normalized spacial score (nSPS) is 10.2. The van der Waals surface area contributed by atoms with E-state index in [9.17, 15) is 8.78 Å². The third kappa shape index (κ3) is 2.14. The van der Waals surface area contributed by atoms with Gasteiger partial charge in [0.05, 0.1) is 10.6 Å². The number of hydrogen-bond acceptors (Lipinski definition) is 2. The molecule has 1 rings (SSSR count). The second-order valence-corrected chi connectivity index (χ2v) is 3.27. The summed E-state index contributed by atoms with van der Waals surface area (Å²) in [4.78, 5) is 3.56. The first-order chi connectivity index (χ1) is 6.06. The molecule has 13 heavy (non-hydrogen) atoms. The molecule has 1 heterocycles. The van der Waals surface area contributed by atoms with E-state index in [1.165, 1.54) is 0 Å². The van der Waals surface area contributed by atoms with Crippen LogP contribution in [0.2, 0.25) is 5.02 Å². The van der Waals surface area contributed by atoms with Gasteiger partial charge in [-0.1, -0.05) is 11.6 Å². The van der Waals surface area contributed by atoms with E-state index in [1.807, 2.05) is 0 Å². The van der Waals surface area contributed by atoms with Gasteiger partial charge in [0, 0.05) is 0 Å². The highest BCUT2D eigenvalue weighted by Crippen LogP contribution is 2.29. The van der Waals surface area contributed by atoms with Crippen molar-refractivity contribution in [2.75, 3.05) is 0 Å². The van der Waals surface area contributed by atoms with Crippen LogP contribution in [0.4, 0.5) is 8.78 Å². The van der Waals surface area contributed by atoms with E-state index >= 15 is 0 Å². The monoisotopic (exact) mass is 266 g/mol. The van der Waals surface area contributed by atoms with Crippen molar-refractivity contribution in [3.63, 3.8) is 0 Å². The fourth-order valence-electron chi connectivity index (χ4n) is 0.712. The van der Waals surface area contributed by atoms with Gasteiger partial charge in [0.25, 0.3) is 6.43 Å². The molecule has 0 amide bonds. The van der Waals surface area contributed by atoms with E-state index in [-0.39, 0.29) is 20.9 Å². The lowest BCUT2D eigenvalue weighted by atomic mass is 10.2. The standard InChI is InChI=1S/C7H2BrClF2N2/c8-6-3(7(10)11)1-4(9)5(2-12)13-6/h1,7H. The Hall–Kier alpha value is -0.730. The number of rotatable bonds is 1. The van der Waals surface area contributed by atoms with Crippen LogP contribution in [0.5, 0.6) is 0 Å². The van der Waals surface area contributed by atoms with Gasteiger partial charge < -0.3 is 0 Å². The maximum atomic E-state index is 12.2. The molecule has 0 aliphatic rings. The minimum absolute atomic E-state index is 0.0524. The molecular formula is C7H2BrClF2N2. The van der Waals surface area contributed by atoms with Crippen molar-refractivity contribution in [3.8, 4) is 6.07 Å². The lowest BCUT2D eigenvalue weighted by molar-refractivity contribution is 0.150. The number of alkyl halides is 2. The third-order valence-electron chi connectivity index (χ3n) is 1.30. The molecular weight excluding hydrogens is 265 g/mol. The van der Waals surface area contributed by atoms with Gasteiger partial charge in [-0.05, 0) is 22.0 Å². The highest BCUT2D eigenvalue weighted by molar-refractivity contribution is 9.10. The van der Waals surface area contributed by atoms with Crippen LogP contribution in [-0.4, -0.2) is 4.98 Å². The van der Waals surface area contributed by atoms with Crippen molar-refractivity contribution in [1.29, 1.82) is 5.26 Å². The zero-order valence-corrected chi connectivity index (χ0v) is 8.40. The Morgan fingerprint density at radius 2 is 2.23 bits per heavy atom. The highest BCUT2D eigenvalue weighted by atomic mass is 79.9. The average Bonchev–Trinajstić information content (AvgIpc) is 2.07. The maximum Gasteiger partial charge on any atom is 0.266 e. The Morgan fingerprint density at radius 3 is 2.69 bits per heavy atom. The zero-order chi connectivity index (χ0) is 10.0. The molecule has 0 saturated heterocycles. The number of halogens is 4. The minimum Gasteiger partial charge on any atom is -0.228 e. The molecule has 2 nitrogen and oxygen atoms in total. The van der Waals surface area contributed by atoms with Crippen LogP contribution >= 0.6 is 27.5 Å². The smallest absolute Gasteiger partial charge is 0.228 e. The average molecular weight is 267 g/mol. The molecule has 0 saturated carbocycles. The van der Waals surface area contributed by atoms with E-state index in [0.29, 0.717) is 0 Å². The molecule has 0 atom stereocenters. The molecule has 0 bridgehead atoms. The van der Waals surface area contributed by atoms with Crippen LogP contribution in [0.3, 0.4) is 0 Å². The van der Waals surface area contributed by atoms with Crippen LogP contribution < -0.4 is 0 Å². The van der Waals surface area contributed by atoms with Crippen molar-refractivity contribution < 1.29 is 8.78 Å². The number of pyridine rings is 1. The van der Waals surface area contributed by atoms with E-state index in [0.717, 1.165) is 6.07 Å². The van der Waals surface area contributed by atoms with Gasteiger partial charge in [-0.25, -0.2) is 13.8 Å². The molecule has 1 aromatic heterocycles. The Balaban J connectivity index is 3.31. The molecule has 6 heteroatoms. The quantitative estimate of drug-likeness (QED) is 0.732. The molecule has 0 aromatic carbocycles. The Morgan fingerprint density at radius 1 is 1.62 bits per heavy atom. The first kappa shape index (κ1) is 10.4. The molecule has 0 aliphatic heterocycles. The predicted octanol–water partition coefficient (Wildman–Crippen LogP) is 3.31. The van der Waals surface area contributed by atoms with E-state index in [1.54, 1.807) is 6.07 Å². The highest BCUT2D eigenvalue weighted by Gasteiger charge is 2.15. The summed E-state index contributed by atoms with van der Waals surface area (Å²) < 4.78 is 24.4. The molecule has 68 valence electrons. The topological polar surface area (TPSA) is 36.7 Å². The van der Waals surface area contributed by atoms with Gasteiger partial charge in [-0.2, -0.15) is 5.26 Å². The summed E-state index contributed by atoms with van der Waals surface area (Å²) in [5, 5.41) is 8.40. The van der Waals surface area contributed by atoms with Crippen LogP contribution in [0.1, 0.15) is 17.7 Å². The van der Waals surface area contributed by atoms with Crippen molar-refractivity contribution in [1.82, 2.24) is 4.98 Å². The molecule has 0 N–H and O–H groups in total. The molecule has 0 aliphatic carbocycles. The number of nitriles is 1. The van der Waals surface area contributed by atoms with Crippen LogP contribution in [0, 0.1) is 11.3 Å². The fourth-order valence-corrected chi connectivity index (χ4v) is 1.38. The summed E-state index contributed by atoms with van der Waals surface area (Å²) in [5.74, 6) is 0. The second kappa shape index (κ2) is 3.99. The van der Waals surface area contributed by atoms with Gasteiger partial charge in [0.1, 0.15) is 10.7 Å². The summed E-state index contributed by atoms with van der Waals surface area (Å²) >= 11 is 8.33. The summed E-state index contributed by atoms with van der Waals surface area (Å²) in [7, 11) is 0. The predicted molar refractivity (Wildman–Crippen MR) is 46.6 cm³/mol. The van der Waals surface area contributed by atoms with Gasteiger partial charge in [0.2, 0.25) is 0 Å². The third-order valence-corrected chi connectivity index (χ3v) is 2.22. The van der Waals surface area contributed by atoms with Gasteiger partial charge in [-0.15, -0.1) is 0 Å². The van der Waals surface area contributed by atoms with Crippen LogP contribution in [-0.2, 0) is 0 Å². The maximum absolute atomic E-state index is 12.2. The van der Waals surface area contributed by atoms with Crippen molar-refractivity contribution in [3.05, 3.63) is 26.9 Å². The van der Waals surface area contributed by atoms with Gasteiger partial charge >= 0.3 is 0 Å². The van der Waals surface area contributed by atoms with E-state index < -0.39 is 6.43 Å². The number of nitrogens with zero attached hydrogens (tertiary/aromatic N) is 2.